The highest BCUT2D eigenvalue weighted by atomic mass is 79.9. The molecule has 3 aromatic rings. The van der Waals surface area contributed by atoms with Crippen molar-refractivity contribution in [3.8, 4) is 0 Å². The molecule has 1 N–H and O–H groups in total. The molecule has 0 spiro atoms. The van der Waals surface area contributed by atoms with Gasteiger partial charge in [-0.3, -0.25) is 4.98 Å². The fraction of sp³-hybridized carbons (Fsp3) is 0.312. The van der Waals surface area contributed by atoms with E-state index in [-0.39, 0.29) is 0 Å². The molecule has 1 atom stereocenters. The van der Waals surface area contributed by atoms with Gasteiger partial charge in [0.25, 0.3) is 0 Å². The summed E-state index contributed by atoms with van der Waals surface area (Å²) in [6.45, 7) is 3.25. The van der Waals surface area contributed by atoms with Crippen LogP contribution in [0.5, 0.6) is 0 Å². The van der Waals surface area contributed by atoms with Crippen LogP contribution in [-0.4, -0.2) is 11.5 Å². The molecule has 0 saturated heterocycles. The number of hydrogen-bond donors (Lipinski definition) is 1. The Labute approximate surface area is 141 Å². The summed E-state index contributed by atoms with van der Waals surface area (Å²) in [7, 11) is 0. The van der Waals surface area contributed by atoms with Gasteiger partial charge < -0.3 is 5.32 Å². The predicted octanol–water partition coefficient (Wildman–Crippen LogP) is 5.40. The molecule has 0 aliphatic heterocycles. The van der Waals surface area contributed by atoms with Crippen molar-refractivity contribution in [3.63, 3.8) is 0 Å². The third-order valence-corrected chi connectivity index (χ3v) is 5.98. The Morgan fingerprint density at radius 1 is 1.29 bits per heavy atom. The lowest BCUT2D eigenvalue weighted by Crippen LogP contribution is -2.23. The quantitative estimate of drug-likeness (QED) is 0.618. The molecule has 0 saturated carbocycles. The van der Waals surface area contributed by atoms with E-state index in [4.69, 9.17) is 0 Å². The van der Waals surface area contributed by atoms with E-state index in [1.54, 1.807) is 0 Å². The smallest absolute Gasteiger partial charge is 0.0457 e. The van der Waals surface area contributed by atoms with Gasteiger partial charge in [-0.15, -0.1) is 22.7 Å². The third-order valence-electron chi connectivity index (χ3n) is 3.34. The second kappa shape index (κ2) is 7.01. The van der Waals surface area contributed by atoms with Gasteiger partial charge in [0.2, 0.25) is 0 Å². The minimum absolute atomic E-state index is 0.366. The number of aromatic nitrogens is 1. The molecule has 0 fully saturated rings. The summed E-state index contributed by atoms with van der Waals surface area (Å²) in [5.74, 6) is 0. The van der Waals surface area contributed by atoms with E-state index in [1.165, 1.54) is 19.8 Å². The molecule has 0 amide bonds. The van der Waals surface area contributed by atoms with Crippen LogP contribution in [0.25, 0.3) is 9.40 Å². The van der Waals surface area contributed by atoms with E-state index in [2.05, 4.69) is 56.7 Å². The van der Waals surface area contributed by atoms with Crippen molar-refractivity contribution in [1.29, 1.82) is 0 Å². The van der Waals surface area contributed by atoms with Crippen LogP contribution in [0.4, 0.5) is 0 Å². The van der Waals surface area contributed by atoms with E-state index in [0.29, 0.717) is 6.04 Å². The van der Waals surface area contributed by atoms with Gasteiger partial charge >= 0.3 is 0 Å². The molecule has 0 aromatic carbocycles. The lowest BCUT2D eigenvalue weighted by atomic mass is 10.1. The number of halogens is 1. The molecule has 0 radical (unpaired) electrons. The summed E-state index contributed by atoms with van der Waals surface area (Å²) in [4.78, 5) is 5.70. The zero-order chi connectivity index (χ0) is 14.7. The Hall–Kier alpha value is -0.750. The Morgan fingerprint density at radius 3 is 2.95 bits per heavy atom. The summed E-state index contributed by atoms with van der Waals surface area (Å²) in [5.41, 5.74) is 1.26. The highest BCUT2D eigenvalue weighted by Crippen LogP contribution is 2.34. The van der Waals surface area contributed by atoms with Crippen LogP contribution >= 0.6 is 38.6 Å². The summed E-state index contributed by atoms with van der Waals surface area (Å²) >= 11 is 7.23. The van der Waals surface area contributed by atoms with Crippen molar-refractivity contribution in [1.82, 2.24) is 10.3 Å². The Bertz CT molecular complexity index is 691. The van der Waals surface area contributed by atoms with Crippen molar-refractivity contribution in [3.05, 3.63) is 50.9 Å². The Kier molecular flexibility index (Phi) is 5.06. The van der Waals surface area contributed by atoms with Crippen LogP contribution < -0.4 is 5.32 Å². The molecule has 3 heterocycles. The van der Waals surface area contributed by atoms with Crippen LogP contribution in [0.15, 0.2) is 40.4 Å². The lowest BCUT2D eigenvalue weighted by Gasteiger charge is -2.17. The lowest BCUT2D eigenvalue weighted by molar-refractivity contribution is 0.536. The van der Waals surface area contributed by atoms with Crippen molar-refractivity contribution < 1.29 is 0 Å². The van der Waals surface area contributed by atoms with E-state index < -0.39 is 0 Å². The van der Waals surface area contributed by atoms with Crippen molar-refractivity contribution in [2.75, 3.05) is 6.54 Å². The summed E-state index contributed by atoms with van der Waals surface area (Å²) in [5, 5.41) is 5.84. The monoisotopic (exact) mass is 380 g/mol. The molecule has 0 bridgehead atoms. The second-order valence-electron chi connectivity index (χ2n) is 5.02. The first-order valence-electron chi connectivity index (χ1n) is 7.06. The number of rotatable bonds is 6. The first-order chi connectivity index (χ1) is 10.3. The molecular weight excluding hydrogens is 364 g/mol. The van der Waals surface area contributed by atoms with Crippen LogP contribution in [0.1, 0.15) is 29.8 Å². The maximum Gasteiger partial charge on any atom is 0.0457 e. The minimum Gasteiger partial charge on any atom is -0.309 e. The van der Waals surface area contributed by atoms with E-state index in [9.17, 15) is 0 Å². The van der Waals surface area contributed by atoms with E-state index in [0.717, 1.165) is 23.9 Å². The van der Waals surface area contributed by atoms with Crippen LogP contribution in [0.2, 0.25) is 0 Å². The number of pyridine rings is 1. The van der Waals surface area contributed by atoms with Gasteiger partial charge in [0.1, 0.15) is 0 Å². The van der Waals surface area contributed by atoms with Gasteiger partial charge in [0, 0.05) is 37.2 Å². The van der Waals surface area contributed by atoms with E-state index >= 15 is 0 Å². The maximum absolute atomic E-state index is 4.27. The SMILES string of the molecule is CCCNC(Cc1cncc(Br)c1)c1cc2sccc2s1. The van der Waals surface area contributed by atoms with Crippen molar-refractivity contribution >= 4 is 48.0 Å². The number of nitrogens with zero attached hydrogens (tertiary/aromatic N) is 1. The maximum atomic E-state index is 4.27. The second-order valence-corrected chi connectivity index (χ2v) is 8.00. The zero-order valence-corrected chi connectivity index (χ0v) is 15.0. The van der Waals surface area contributed by atoms with Crippen LogP contribution in [0, 0.1) is 0 Å². The molecule has 0 aliphatic carbocycles. The summed E-state index contributed by atoms with van der Waals surface area (Å²) in [6, 6.07) is 7.07. The molecule has 3 aromatic heterocycles. The average Bonchev–Trinajstić information content (AvgIpc) is 3.04. The van der Waals surface area contributed by atoms with Gasteiger partial charge in [0.05, 0.1) is 0 Å². The average molecular weight is 381 g/mol. The molecule has 5 heteroatoms. The molecular formula is C16H17BrN2S2. The molecule has 1 unspecified atom stereocenters. The van der Waals surface area contributed by atoms with Gasteiger partial charge in [-0.1, -0.05) is 6.92 Å². The summed E-state index contributed by atoms with van der Waals surface area (Å²) in [6.07, 6.45) is 5.91. The highest BCUT2D eigenvalue weighted by Gasteiger charge is 2.15. The number of fused-ring (bicyclic) bond motifs is 1. The molecule has 2 nitrogen and oxygen atoms in total. The first kappa shape index (κ1) is 15.2. The fourth-order valence-electron chi connectivity index (χ4n) is 2.35. The predicted molar refractivity (Wildman–Crippen MR) is 96.4 cm³/mol. The standard InChI is InChI=1S/C16H17BrN2S2/c1-2-4-19-13(7-11-6-12(17)10-18-9-11)15-8-16-14(21-15)3-5-20-16/h3,5-6,8-10,13,19H,2,4,7H2,1H3. The zero-order valence-electron chi connectivity index (χ0n) is 11.8. The highest BCUT2D eigenvalue weighted by molar-refractivity contribution is 9.10. The van der Waals surface area contributed by atoms with Crippen molar-refractivity contribution in [2.24, 2.45) is 0 Å². The van der Waals surface area contributed by atoms with Gasteiger partial charge in [-0.2, -0.15) is 0 Å². The number of thiophene rings is 2. The molecule has 0 aliphatic rings. The van der Waals surface area contributed by atoms with Gasteiger partial charge in [-0.25, -0.2) is 0 Å². The van der Waals surface area contributed by atoms with Crippen LogP contribution in [-0.2, 0) is 6.42 Å². The topological polar surface area (TPSA) is 24.9 Å². The van der Waals surface area contributed by atoms with Gasteiger partial charge in [-0.05, 0) is 64.5 Å². The van der Waals surface area contributed by atoms with Crippen LogP contribution in [0.3, 0.4) is 0 Å². The van der Waals surface area contributed by atoms with Crippen molar-refractivity contribution in [2.45, 2.75) is 25.8 Å². The summed E-state index contributed by atoms with van der Waals surface area (Å²) < 4.78 is 3.83. The normalized spacial score (nSPS) is 12.9. The molecule has 3 rings (SSSR count). The van der Waals surface area contributed by atoms with E-state index in [1.807, 2.05) is 35.1 Å². The Balaban J connectivity index is 1.84. The minimum atomic E-state index is 0.366. The largest absolute Gasteiger partial charge is 0.309 e. The Morgan fingerprint density at radius 2 is 2.19 bits per heavy atom. The first-order valence-corrected chi connectivity index (χ1v) is 9.55. The number of nitrogens with one attached hydrogen (secondary N) is 1. The molecule has 21 heavy (non-hydrogen) atoms. The third kappa shape index (κ3) is 3.72. The molecule has 110 valence electrons. The van der Waals surface area contributed by atoms with Gasteiger partial charge in [0.15, 0.2) is 0 Å². The fourth-order valence-corrected chi connectivity index (χ4v) is 4.96. The number of hydrogen-bond acceptors (Lipinski definition) is 4.